The maximum absolute atomic E-state index is 12.5. The molecule has 0 saturated carbocycles. The summed E-state index contributed by atoms with van der Waals surface area (Å²) in [7, 11) is 0. The fraction of sp³-hybridized carbons (Fsp3) is 0.600. The number of aliphatic hydroxyl groups excluding tert-OH is 1. The van der Waals surface area contributed by atoms with Crippen LogP contribution in [0.5, 0.6) is 0 Å². The first kappa shape index (κ1) is 17.0. The van der Waals surface area contributed by atoms with E-state index in [1.807, 2.05) is 6.92 Å². The van der Waals surface area contributed by atoms with Crippen molar-refractivity contribution in [3.63, 3.8) is 0 Å². The minimum absolute atomic E-state index is 0.0170. The number of aliphatic hydroxyl groups is 1. The molecule has 20 heavy (non-hydrogen) atoms. The Kier molecular flexibility index (Phi) is 6.02. The highest BCUT2D eigenvalue weighted by molar-refractivity contribution is 5.26. The van der Waals surface area contributed by atoms with Crippen LogP contribution in [-0.4, -0.2) is 17.8 Å². The van der Waals surface area contributed by atoms with E-state index in [9.17, 15) is 18.3 Å². The Balaban J connectivity index is 2.70. The van der Waals surface area contributed by atoms with E-state index in [-0.39, 0.29) is 18.7 Å². The molecule has 2 unspecified atom stereocenters. The molecule has 1 aromatic carbocycles. The molecular formula is C15H22F3NO. The van der Waals surface area contributed by atoms with E-state index in [1.165, 1.54) is 12.1 Å². The van der Waals surface area contributed by atoms with Crippen LogP contribution in [0.4, 0.5) is 13.2 Å². The van der Waals surface area contributed by atoms with Gasteiger partial charge in [0.15, 0.2) is 0 Å². The van der Waals surface area contributed by atoms with Crippen LogP contribution < -0.4 is 5.32 Å². The Bertz CT molecular complexity index is 401. The average Bonchev–Trinajstić information content (AvgIpc) is 2.36. The summed E-state index contributed by atoms with van der Waals surface area (Å²) in [6, 6.07) is 4.98. The zero-order chi connectivity index (χ0) is 15.3. The van der Waals surface area contributed by atoms with Gasteiger partial charge >= 0.3 is 6.18 Å². The van der Waals surface area contributed by atoms with E-state index in [2.05, 4.69) is 19.2 Å². The minimum Gasteiger partial charge on any atom is -0.395 e. The molecule has 0 fully saturated rings. The molecule has 0 bridgehead atoms. The molecule has 0 amide bonds. The second kappa shape index (κ2) is 7.09. The Labute approximate surface area is 118 Å². The molecule has 2 N–H and O–H groups in total. The van der Waals surface area contributed by atoms with Gasteiger partial charge in [-0.3, -0.25) is 0 Å². The molecule has 1 rings (SSSR count). The third-order valence-corrected chi connectivity index (χ3v) is 3.20. The van der Waals surface area contributed by atoms with Gasteiger partial charge in [0.2, 0.25) is 0 Å². The van der Waals surface area contributed by atoms with Crippen molar-refractivity contribution in [1.29, 1.82) is 0 Å². The average molecular weight is 289 g/mol. The zero-order valence-corrected chi connectivity index (χ0v) is 12.0. The monoisotopic (exact) mass is 289 g/mol. The first-order valence-corrected chi connectivity index (χ1v) is 6.78. The summed E-state index contributed by atoms with van der Waals surface area (Å²) < 4.78 is 37.4. The summed E-state index contributed by atoms with van der Waals surface area (Å²) in [6.07, 6.45) is -3.48. The molecule has 0 spiro atoms. The maximum Gasteiger partial charge on any atom is 0.416 e. The van der Waals surface area contributed by atoms with E-state index < -0.39 is 11.7 Å². The van der Waals surface area contributed by atoms with Crippen LogP contribution in [0.25, 0.3) is 0 Å². The lowest BCUT2D eigenvalue weighted by Gasteiger charge is -2.23. The molecule has 0 aliphatic rings. The van der Waals surface area contributed by atoms with Crippen molar-refractivity contribution in [3.05, 3.63) is 35.4 Å². The summed E-state index contributed by atoms with van der Waals surface area (Å²) in [6.45, 7) is 6.02. The van der Waals surface area contributed by atoms with Gasteiger partial charge in [-0.05, 0) is 37.0 Å². The van der Waals surface area contributed by atoms with Gasteiger partial charge in [-0.15, -0.1) is 0 Å². The largest absolute Gasteiger partial charge is 0.416 e. The second-order valence-corrected chi connectivity index (χ2v) is 5.52. The van der Waals surface area contributed by atoms with Gasteiger partial charge in [0.25, 0.3) is 0 Å². The number of benzene rings is 1. The van der Waals surface area contributed by atoms with Crippen molar-refractivity contribution in [2.45, 2.75) is 45.5 Å². The highest BCUT2D eigenvalue weighted by atomic mass is 19.4. The molecular weight excluding hydrogens is 267 g/mol. The SMILES string of the molecule is CC(C)CC(CO)NC(C)c1ccc(C(F)(F)F)cc1. The van der Waals surface area contributed by atoms with Crippen molar-refractivity contribution in [1.82, 2.24) is 5.32 Å². The summed E-state index contributed by atoms with van der Waals surface area (Å²) in [5.41, 5.74) is 0.134. The lowest BCUT2D eigenvalue weighted by atomic mass is 10.0. The van der Waals surface area contributed by atoms with Crippen molar-refractivity contribution < 1.29 is 18.3 Å². The molecule has 0 aliphatic carbocycles. The van der Waals surface area contributed by atoms with Gasteiger partial charge in [0.05, 0.1) is 12.2 Å². The first-order chi connectivity index (χ1) is 9.24. The number of hydrogen-bond acceptors (Lipinski definition) is 2. The number of nitrogens with one attached hydrogen (secondary N) is 1. The van der Waals surface area contributed by atoms with Crippen LogP contribution >= 0.6 is 0 Å². The van der Waals surface area contributed by atoms with Crippen molar-refractivity contribution in [2.24, 2.45) is 5.92 Å². The van der Waals surface area contributed by atoms with E-state index in [4.69, 9.17) is 0 Å². The zero-order valence-electron chi connectivity index (χ0n) is 12.0. The molecule has 0 radical (unpaired) electrons. The van der Waals surface area contributed by atoms with Crippen LogP contribution in [0.1, 0.15) is 44.4 Å². The summed E-state index contributed by atoms with van der Waals surface area (Å²) in [4.78, 5) is 0. The molecule has 114 valence electrons. The van der Waals surface area contributed by atoms with Gasteiger partial charge < -0.3 is 10.4 Å². The normalized spacial score (nSPS) is 15.4. The number of rotatable bonds is 6. The predicted octanol–water partition coefficient (Wildman–Crippen LogP) is 3.76. The second-order valence-electron chi connectivity index (χ2n) is 5.52. The Morgan fingerprint density at radius 2 is 1.65 bits per heavy atom. The van der Waals surface area contributed by atoms with Crippen molar-refractivity contribution in [3.8, 4) is 0 Å². The van der Waals surface area contributed by atoms with Gasteiger partial charge in [0.1, 0.15) is 0 Å². The van der Waals surface area contributed by atoms with Crippen molar-refractivity contribution >= 4 is 0 Å². The third-order valence-electron chi connectivity index (χ3n) is 3.20. The molecule has 1 aromatic rings. The molecule has 0 saturated heterocycles. The molecule has 0 heterocycles. The Hall–Kier alpha value is -1.07. The minimum atomic E-state index is -4.31. The number of halogens is 3. The quantitative estimate of drug-likeness (QED) is 0.835. The molecule has 5 heteroatoms. The lowest BCUT2D eigenvalue weighted by Crippen LogP contribution is -2.35. The van der Waals surface area contributed by atoms with Gasteiger partial charge in [-0.2, -0.15) is 13.2 Å². The highest BCUT2D eigenvalue weighted by Crippen LogP contribution is 2.30. The fourth-order valence-electron chi connectivity index (χ4n) is 2.17. The molecule has 0 aliphatic heterocycles. The van der Waals surface area contributed by atoms with Crippen LogP contribution in [0.15, 0.2) is 24.3 Å². The van der Waals surface area contributed by atoms with Gasteiger partial charge in [-0.1, -0.05) is 26.0 Å². The summed E-state index contributed by atoms with van der Waals surface area (Å²) in [5.74, 6) is 0.444. The van der Waals surface area contributed by atoms with E-state index >= 15 is 0 Å². The van der Waals surface area contributed by atoms with E-state index in [1.54, 1.807) is 0 Å². The number of alkyl halides is 3. The van der Waals surface area contributed by atoms with Gasteiger partial charge in [0, 0.05) is 12.1 Å². The lowest BCUT2D eigenvalue weighted by molar-refractivity contribution is -0.137. The molecule has 2 atom stereocenters. The molecule has 2 nitrogen and oxygen atoms in total. The predicted molar refractivity (Wildman–Crippen MR) is 73.3 cm³/mol. The first-order valence-electron chi connectivity index (χ1n) is 6.78. The van der Waals surface area contributed by atoms with Gasteiger partial charge in [-0.25, -0.2) is 0 Å². The van der Waals surface area contributed by atoms with E-state index in [0.29, 0.717) is 5.92 Å². The standard InChI is InChI=1S/C15H22F3NO/c1-10(2)8-14(9-20)19-11(3)12-4-6-13(7-5-12)15(16,17)18/h4-7,10-11,14,19-20H,8-9H2,1-3H3. The fourth-order valence-corrected chi connectivity index (χ4v) is 2.17. The van der Waals surface area contributed by atoms with Crippen LogP contribution in [0.3, 0.4) is 0 Å². The third kappa shape index (κ3) is 5.13. The van der Waals surface area contributed by atoms with Crippen LogP contribution in [0.2, 0.25) is 0 Å². The van der Waals surface area contributed by atoms with E-state index in [0.717, 1.165) is 24.1 Å². The summed E-state index contributed by atoms with van der Waals surface area (Å²) >= 11 is 0. The maximum atomic E-state index is 12.5. The molecule has 0 aromatic heterocycles. The van der Waals surface area contributed by atoms with Crippen LogP contribution in [-0.2, 0) is 6.18 Å². The topological polar surface area (TPSA) is 32.3 Å². The van der Waals surface area contributed by atoms with Crippen molar-refractivity contribution in [2.75, 3.05) is 6.61 Å². The highest BCUT2D eigenvalue weighted by Gasteiger charge is 2.30. The Morgan fingerprint density at radius 3 is 2.05 bits per heavy atom. The number of hydrogen-bond donors (Lipinski definition) is 2. The summed E-state index contributed by atoms with van der Waals surface area (Å²) in [5, 5.41) is 12.6. The van der Waals surface area contributed by atoms with Crippen LogP contribution in [0, 0.1) is 5.92 Å². The smallest absolute Gasteiger partial charge is 0.395 e. The Morgan fingerprint density at radius 1 is 1.10 bits per heavy atom.